The summed E-state index contributed by atoms with van der Waals surface area (Å²) in [4.78, 5) is 27.9. The Morgan fingerprint density at radius 1 is 1.00 bits per heavy atom. The molecule has 0 bridgehead atoms. The average molecular weight is 387 g/mol. The van der Waals surface area contributed by atoms with Crippen LogP contribution in [-0.2, 0) is 4.79 Å². The minimum Gasteiger partial charge on any atom is -0.341 e. The molecule has 7 nitrogen and oxygen atoms in total. The molecule has 1 fully saturated rings. The van der Waals surface area contributed by atoms with Crippen molar-refractivity contribution in [2.24, 2.45) is 5.92 Å². The Hall–Kier alpha value is -3.35. The van der Waals surface area contributed by atoms with Gasteiger partial charge in [-0.2, -0.15) is 4.98 Å². The van der Waals surface area contributed by atoms with E-state index in [-0.39, 0.29) is 23.7 Å². The molecule has 5 rings (SSSR count). The normalized spacial score (nSPS) is 21.7. The molecule has 0 unspecified atom stereocenters. The largest absolute Gasteiger partial charge is 0.341 e. The van der Waals surface area contributed by atoms with Gasteiger partial charge in [0, 0.05) is 55.3 Å². The van der Waals surface area contributed by atoms with E-state index in [0.717, 1.165) is 24.0 Å². The topological polar surface area (TPSA) is 85.0 Å². The molecule has 1 saturated heterocycles. The van der Waals surface area contributed by atoms with Gasteiger partial charge in [0.1, 0.15) is 0 Å². The van der Waals surface area contributed by atoms with Crippen LogP contribution in [-0.4, -0.2) is 44.0 Å². The molecule has 3 aromatic rings. The van der Waals surface area contributed by atoms with Crippen LogP contribution in [0, 0.1) is 5.92 Å². The van der Waals surface area contributed by atoms with E-state index in [2.05, 4.69) is 38.3 Å². The van der Waals surface area contributed by atoms with Crippen LogP contribution in [0.3, 0.4) is 0 Å². The second kappa shape index (κ2) is 7.58. The van der Waals surface area contributed by atoms with Gasteiger partial charge in [0.25, 0.3) is 0 Å². The first-order valence-electron chi connectivity index (χ1n) is 9.87. The zero-order valence-corrected chi connectivity index (χ0v) is 15.9. The molecule has 1 amide bonds. The van der Waals surface area contributed by atoms with Crippen molar-refractivity contribution >= 4 is 5.91 Å². The summed E-state index contributed by atoms with van der Waals surface area (Å²) in [5.41, 5.74) is 1.94. The predicted molar refractivity (Wildman–Crippen MR) is 106 cm³/mol. The van der Waals surface area contributed by atoms with Crippen molar-refractivity contribution in [1.29, 1.82) is 0 Å². The van der Waals surface area contributed by atoms with Crippen LogP contribution in [0.1, 0.15) is 36.1 Å². The zero-order chi connectivity index (χ0) is 19.6. The van der Waals surface area contributed by atoms with Crippen molar-refractivity contribution in [2.45, 2.75) is 24.7 Å². The minimum absolute atomic E-state index is 0.0540. The highest BCUT2D eigenvalue weighted by molar-refractivity contribution is 5.80. The molecular formula is C22H21N5O2. The molecule has 0 N–H and O–H groups in total. The summed E-state index contributed by atoms with van der Waals surface area (Å²) < 4.78 is 5.66. The smallest absolute Gasteiger partial charge is 0.232 e. The minimum atomic E-state index is -0.0550. The van der Waals surface area contributed by atoms with Crippen LogP contribution < -0.4 is 0 Å². The fraction of sp³-hybridized carbons (Fsp3) is 0.318. The van der Waals surface area contributed by atoms with Crippen molar-refractivity contribution in [1.82, 2.24) is 25.0 Å². The fourth-order valence-electron chi connectivity index (χ4n) is 4.25. The molecule has 1 aliphatic carbocycles. The van der Waals surface area contributed by atoms with E-state index < -0.39 is 0 Å². The molecule has 3 aromatic heterocycles. The van der Waals surface area contributed by atoms with Gasteiger partial charge in [-0.05, 0) is 36.6 Å². The van der Waals surface area contributed by atoms with Gasteiger partial charge < -0.3 is 9.42 Å². The van der Waals surface area contributed by atoms with Crippen LogP contribution >= 0.6 is 0 Å². The maximum Gasteiger partial charge on any atom is 0.232 e. The Morgan fingerprint density at radius 3 is 2.55 bits per heavy atom. The Balaban J connectivity index is 1.44. The molecule has 146 valence electrons. The van der Waals surface area contributed by atoms with Gasteiger partial charge in [-0.25, -0.2) is 0 Å². The van der Waals surface area contributed by atoms with E-state index in [0.29, 0.717) is 24.8 Å². The molecule has 2 atom stereocenters. The Labute approximate surface area is 168 Å². The summed E-state index contributed by atoms with van der Waals surface area (Å²) in [5, 5.41) is 4.16. The highest BCUT2D eigenvalue weighted by Gasteiger charge is 2.41. The number of hydrogen-bond acceptors (Lipinski definition) is 6. The SMILES string of the molecule is O=C(C1CC=CC1)N1C[C@@H](c2cccnc2)[C@H](c2nc(-c3ccncc3)no2)C1. The van der Waals surface area contributed by atoms with Crippen molar-refractivity contribution in [3.05, 3.63) is 72.7 Å². The van der Waals surface area contributed by atoms with Gasteiger partial charge in [-0.3, -0.25) is 14.8 Å². The molecule has 0 aromatic carbocycles. The standard InChI is InChI=1S/C22H21N5O2/c28-22(16-4-1-2-5-16)27-13-18(17-6-3-9-24-12-17)19(14-27)21-25-20(26-29-21)15-7-10-23-11-8-15/h1-3,6-12,16,18-19H,4-5,13-14H2/t18-,19+/m0/s1. The molecule has 1 aliphatic heterocycles. The van der Waals surface area contributed by atoms with Gasteiger partial charge in [0.05, 0.1) is 5.92 Å². The Bertz CT molecular complexity index is 1010. The molecule has 29 heavy (non-hydrogen) atoms. The zero-order valence-electron chi connectivity index (χ0n) is 15.9. The van der Waals surface area contributed by atoms with Gasteiger partial charge in [0.2, 0.25) is 17.6 Å². The first-order valence-corrected chi connectivity index (χ1v) is 9.87. The lowest BCUT2D eigenvalue weighted by molar-refractivity contribution is -0.134. The second-order valence-corrected chi connectivity index (χ2v) is 7.57. The number of pyridine rings is 2. The van der Waals surface area contributed by atoms with Gasteiger partial charge in [-0.1, -0.05) is 23.4 Å². The summed E-state index contributed by atoms with van der Waals surface area (Å²) in [7, 11) is 0. The van der Waals surface area contributed by atoms with Gasteiger partial charge >= 0.3 is 0 Å². The van der Waals surface area contributed by atoms with E-state index >= 15 is 0 Å². The van der Waals surface area contributed by atoms with Crippen molar-refractivity contribution in [3.63, 3.8) is 0 Å². The number of carbonyl (C=O) groups is 1. The van der Waals surface area contributed by atoms with Crippen molar-refractivity contribution in [3.8, 4) is 11.4 Å². The first-order chi connectivity index (χ1) is 14.3. The first kappa shape index (κ1) is 17.7. The highest BCUT2D eigenvalue weighted by Crippen LogP contribution is 2.40. The third kappa shape index (κ3) is 3.44. The van der Waals surface area contributed by atoms with Crippen molar-refractivity contribution in [2.75, 3.05) is 13.1 Å². The van der Waals surface area contributed by atoms with Crippen LogP contribution in [0.4, 0.5) is 0 Å². The number of allylic oxidation sites excluding steroid dienone is 2. The maximum absolute atomic E-state index is 13.0. The molecule has 0 spiro atoms. The number of carbonyl (C=O) groups excluding carboxylic acids is 1. The third-order valence-corrected chi connectivity index (χ3v) is 5.80. The molecule has 0 saturated carbocycles. The molecular weight excluding hydrogens is 366 g/mol. The monoisotopic (exact) mass is 387 g/mol. The van der Waals surface area contributed by atoms with Gasteiger partial charge in [0.15, 0.2) is 0 Å². The summed E-state index contributed by atoms with van der Waals surface area (Å²) in [6, 6.07) is 7.68. The number of rotatable bonds is 4. The average Bonchev–Trinajstić information content (AvgIpc) is 3.55. The summed E-state index contributed by atoms with van der Waals surface area (Å²) in [6.07, 6.45) is 12.9. The lowest BCUT2D eigenvalue weighted by Crippen LogP contribution is -2.33. The van der Waals surface area contributed by atoms with E-state index in [1.807, 2.05) is 29.3 Å². The van der Waals surface area contributed by atoms with Crippen molar-refractivity contribution < 1.29 is 9.32 Å². The van der Waals surface area contributed by atoms with Gasteiger partial charge in [-0.15, -0.1) is 0 Å². The number of aromatic nitrogens is 4. The fourth-order valence-corrected chi connectivity index (χ4v) is 4.25. The number of nitrogens with zero attached hydrogens (tertiary/aromatic N) is 5. The highest BCUT2D eigenvalue weighted by atomic mass is 16.5. The molecule has 0 radical (unpaired) electrons. The number of amides is 1. The van der Waals surface area contributed by atoms with Crippen LogP contribution in [0.25, 0.3) is 11.4 Å². The predicted octanol–water partition coefficient (Wildman–Crippen LogP) is 3.20. The quantitative estimate of drug-likeness (QED) is 0.639. The lowest BCUT2D eigenvalue weighted by atomic mass is 9.90. The van der Waals surface area contributed by atoms with E-state index in [1.54, 1.807) is 18.6 Å². The third-order valence-electron chi connectivity index (χ3n) is 5.80. The van der Waals surface area contributed by atoms with E-state index in [1.165, 1.54) is 0 Å². The van der Waals surface area contributed by atoms with E-state index in [4.69, 9.17) is 4.52 Å². The summed E-state index contributed by atoms with van der Waals surface area (Å²) in [5.74, 6) is 1.38. The van der Waals surface area contributed by atoms with Crippen LogP contribution in [0.15, 0.2) is 65.7 Å². The summed E-state index contributed by atoms with van der Waals surface area (Å²) in [6.45, 7) is 1.21. The summed E-state index contributed by atoms with van der Waals surface area (Å²) >= 11 is 0. The molecule has 7 heteroatoms. The number of hydrogen-bond donors (Lipinski definition) is 0. The second-order valence-electron chi connectivity index (χ2n) is 7.57. The van der Waals surface area contributed by atoms with Crippen LogP contribution in [0.5, 0.6) is 0 Å². The maximum atomic E-state index is 13.0. The Morgan fingerprint density at radius 2 is 1.79 bits per heavy atom. The number of likely N-dealkylation sites (tertiary alicyclic amines) is 1. The Kier molecular flexibility index (Phi) is 4.63. The van der Waals surface area contributed by atoms with E-state index in [9.17, 15) is 4.79 Å². The lowest BCUT2D eigenvalue weighted by Gasteiger charge is -2.20. The van der Waals surface area contributed by atoms with Crippen LogP contribution in [0.2, 0.25) is 0 Å². The molecule has 2 aliphatic rings. The molecule has 4 heterocycles.